The molecule has 0 bridgehead atoms. The lowest BCUT2D eigenvalue weighted by Gasteiger charge is -2.21. The first-order valence-corrected chi connectivity index (χ1v) is 9.98. The maximum absolute atomic E-state index is 12.6. The van der Waals surface area contributed by atoms with Crippen LogP contribution >= 0.6 is 11.6 Å². The number of hydrogen-bond acceptors (Lipinski definition) is 3. The molecule has 0 spiro atoms. The van der Waals surface area contributed by atoms with Crippen LogP contribution in [0.3, 0.4) is 0 Å². The minimum atomic E-state index is -3.63. The molecule has 0 aliphatic rings. The lowest BCUT2D eigenvalue weighted by molar-refractivity contribution is 0.406. The van der Waals surface area contributed by atoms with Crippen LogP contribution in [0.5, 0.6) is 5.75 Å². The molecule has 2 aromatic rings. The Morgan fingerprint density at radius 2 is 1.64 bits per heavy atom. The monoisotopic (exact) mass is 381 g/mol. The summed E-state index contributed by atoms with van der Waals surface area (Å²) in [5.41, 5.74) is 2.97. The topological polar surface area (TPSA) is 55.4 Å². The van der Waals surface area contributed by atoms with Crippen molar-refractivity contribution in [1.82, 2.24) is 4.72 Å². The van der Waals surface area contributed by atoms with Gasteiger partial charge in [0.2, 0.25) is 10.0 Å². The summed E-state index contributed by atoms with van der Waals surface area (Å²) in [4.78, 5) is 0.194. The van der Waals surface area contributed by atoms with Crippen molar-refractivity contribution < 1.29 is 13.2 Å². The summed E-state index contributed by atoms with van der Waals surface area (Å²) < 4.78 is 33.4. The molecule has 6 heteroatoms. The SMILES string of the molecule is COc1cc(C)c([C@H](C)NS(=O)(=O)c2ccc(Cl)cc2)cc1C(C)C. The van der Waals surface area contributed by atoms with E-state index in [-0.39, 0.29) is 16.9 Å². The molecule has 0 heterocycles. The number of nitrogens with one attached hydrogen (secondary N) is 1. The van der Waals surface area contributed by atoms with Crippen molar-refractivity contribution in [3.63, 3.8) is 0 Å². The highest BCUT2D eigenvalue weighted by Crippen LogP contribution is 2.32. The quantitative estimate of drug-likeness (QED) is 0.780. The summed E-state index contributed by atoms with van der Waals surface area (Å²) in [5.74, 6) is 1.10. The molecule has 0 aromatic heterocycles. The van der Waals surface area contributed by atoms with Crippen LogP contribution in [0.2, 0.25) is 5.02 Å². The standard InChI is InChI=1S/C19H24ClNO3S/c1-12(2)17-11-18(13(3)10-19(17)24-5)14(4)21-25(22,23)16-8-6-15(20)7-9-16/h6-12,14,21H,1-5H3/t14-/m0/s1. The van der Waals surface area contributed by atoms with Crippen molar-refractivity contribution in [2.45, 2.75) is 44.6 Å². The van der Waals surface area contributed by atoms with Crippen molar-refractivity contribution in [2.75, 3.05) is 7.11 Å². The second kappa shape index (κ2) is 7.77. The van der Waals surface area contributed by atoms with Crippen LogP contribution in [-0.4, -0.2) is 15.5 Å². The number of ether oxygens (including phenoxy) is 1. The van der Waals surface area contributed by atoms with Crippen molar-refractivity contribution in [3.05, 3.63) is 58.1 Å². The molecular formula is C19H24ClNO3S. The lowest BCUT2D eigenvalue weighted by atomic mass is 9.94. The number of rotatable bonds is 6. The summed E-state index contributed by atoms with van der Waals surface area (Å²) in [6.07, 6.45) is 0. The summed E-state index contributed by atoms with van der Waals surface area (Å²) >= 11 is 5.83. The van der Waals surface area contributed by atoms with Crippen LogP contribution < -0.4 is 9.46 Å². The van der Waals surface area contributed by atoms with E-state index in [9.17, 15) is 8.42 Å². The second-order valence-corrected chi connectivity index (χ2v) is 8.55. The third kappa shape index (κ3) is 4.54. The van der Waals surface area contributed by atoms with E-state index < -0.39 is 10.0 Å². The van der Waals surface area contributed by atoms with Gasteiger partial charge in [0.1, 0.15) is 5.75 Å². The van der Waals surface area contributed by atoms with Crippen LogP contribution in [0.4, 0.5) is 0 Å². The van der Waals surface area contributed by atoms with Gasteiger partial charge in [-0.3, -0.25) is 0 Å². The molecule has 0 saturated heterocycles. The molecule has 0 fully saturated rings. The van der Waals surface area contributed by atoms with Gasteiger partial charge in [0.05, 0.1) is 12.0 Å². The van der Waals surface area contributed by atoms with E-state index in [4.69, 9.17) is 16.3 Å². The Morgan fingerprint density at radius 3 is 2.16 bits per heavy atom. The third-order valence-corrected chi connectivity index (χ3v) is 5.97. The first kappa shape index (κ1) is 19.8. The number of hydrogen-bond donors (Lipinski definition) is 1. The van der Waals surface area contributed by atoms with Crippen LogP contribution in [0.1, 0.15) is 49.4 Å². The largest absolute Gasteiger partial charge is 0.496 e. The minimum absolute atomic E-state index is 0.194. The van der Waals surface area contributed by atoms with Gasteiger partial charge in [-0.15, -0.1) is 0 Å². The molecule has 0 radical (unpaired) electrons. The fourth-order valence-corrected chi connectivity index (χ4v) is 4.14. The smallest absolute Gasteiger partial charge is 0.241 e. The van der Waals surface area contributed by atoms with Gasteiger partial charge in [0, 0.05) is 11.1 Å². The summed E-state index contributed by atoms with van der Waals surface area (Å²) in [5, 5.41) is 0.500. The maximum atomic E-state index is 12.6. The Hall–Kier alpha value is -1.56. The Balaban J connectivity index is 2.35. The van der Waals surface area contributed by atoms with Crippen LogP contribution in [0.25, 0.3) is 0 Å². The molecule has 136 valence electrons. The highest BCUT2D eigenvalue weighted by molar-refractivity contribution is 7.89. The molecule has 0 amide bonds. The predicted molar refractivity (Wildman–Crippen MR) is 102 cm³/mol. The van der Waals surface area contributed by atoms with Gasteiger partial charge in [0.15, 0.2) is 0 Å². The molecule has 0 aliphatic heterocycles. The van der Waals surface area contributed by atoms with Crippen molar-refractivity contribution in [1.29, 1.82) is 0 Å². The van der Waals surface area contributed by atoms with Crippen molar-refractivity contribution >= 4 is 21.6 Å². The molecule has 0 aliphatic carbocycles. The number of methoxy groups -OCH3 is 1. The lowest BCUT2D eigenvalue weighted by Crippen LogP contribution is -2.27. The van der Waals surface area contributed by atoms with E-state index in [1.165, 1.54) is 12.1 Å². The maximum Gasteiger partial charge on any atom is 0.241 e. The zero-order valence-electron chi connectivity index (χ0n) is 15.1. The van der Waals surface area contributed by atoms with E-state index in [0.717, 1.165) is 22.4 Å². The Kier molecular flexibility index (Phi) is 6.14. The first-order valence-electron chi connectivity index (χ1n) is 8.12. The summed E-state index contributed by atoms with van der Waals surface area (Å²) in [6.45, 7) is 7.96. The van der Waals surface area contributed by atoms with E-state index in [1.807, 2.05) is 26.0 Å². The van der Waals surface area contributed by atoms with Crippen molar-refractivity contribution in [3.8, 4) is 5.75 Å². The molecule has 1 atom stereocenters. The van der Waals surface area contributed by atoms with E-state index in [2.05, 4.69) is 18.6 Å². The molecule has 25 heavy (non-hydrogen) atoms. The second-order valence-electron chi connectivity index (χ2n) is 6.40. The fraction of sp³-hybridized carbons (Fsp3) is 0.368. The number of halogens is 1. The van der Waals surface area contributed by atoms with Crippen LogP contribution in [0, 0.1) is 6.92 Å². The van der Waals surface area contributed by atoms with Gasteiger partial charge >= 0.3 is 0 Å². The van der Waals surface area contributed by atoms with Crippen molar-refractivity contribution in [2.24, 2.45) is 0 Å². The van der Waals surface area contributed by atoms with Gasteiger partial charge < -0.3 is 4.74 Å². The molecule has 2 rings (SSSR count). The number of sulfonamides is 1. The normalized spacial score (nSPS) is 13.1. The van der Waals surface area contributed by atoms with Gasteiger partial charge in [-0.1, -0.05) is 25.4 Å². The third-order valence-electron chi connectivity index (χ3n) is 4.16. The molecule has 2 aromatic carbocycles. The summed E-state index contributed by atoms with van der Waals surface area (Å²) in [7, 11) is -1.98. The Labute approximate surface area is 155 Å². The Morgan fingerprint density at radius 1 is 1.04 bits per heavy atom. The van der Waals surface area contributed by atoms with Gasteiger partial charge in [0.25, 0.3) is 0 Å². The number of aryl methyl sites for hydroxylation is 1. The highest BCUT2D eigenvalue weighted by atomic mass is 35.5. The minimum Gasteiger partial charge on any atom is -0.496 e. The molecule has 0 saturated carbocycles. The first-order chi connectivity index (χ1) is 11.7. The average Bonchev–Trinajstić information content (AvgIpc) is 2.53. The van der Waals surface area contributed by atoms with Gasteiger partial charge in [-0.25, -0.2) is 13.1 Å². The Bertz CT molecular complexity index is 846. The fourth-order valence-electron chi connectivity index (χ4n) is 2.79. The van der Waals surface area contributed by atoms with E-state index >= 15 is 0 Å². The molecule has 4 nitrogen and oxygen atoms in total. The van der Waals surface area contributed by atoms with Crippen LogP contribution in [0.15, 0.2) is 41.3 Å². The zero-order chi connectivity index (χ0) is 18.8. The molecule has 0 unspecified atom stereocenters. The van der Waals surface area contributed by atoms with E-state index in [1.54, 1.807) is 19.2 Å². The highest BCUT2D eigenvalue weighted by Gasteiger charge is 2.21. The predicted octanol–water partition coefficient (Wildman–Crippen LogP) is 4.82. The van der Waals surface area contributed by atoms with Gasteiger partial charge in [-0.2, -0.15) is 0 Å². The van der Waals surface area contributed by atoms with E-state index in [0.29, 0.717) is 5.02 Å². The number of benzene rings is 2. The van der Waals surface area contributed by atoms with Crippen LogP contribution in [-0.2, 0) is 10.0 Å². The summed E-state index contributed by atoms with van der Waals surface area (Å²) in [6, 6.07) is 9.73. The molecular weight excluding hydrogens is 358 g/mol. The average molecular weight is 382 g/mol. The van der Waals surface area contributed by atoms with Gasteiger partial charge in [-0.05, 0) is 72.9 Å². The zero-order valence-corrected chi connectivity index (χ0v) is 16.7. The molecule has 1 N–H and O–H groups in total.